The second-order valence-electron chi connectivity index (χ2n) is 2.41. The maximum Gasteiger partial charge on any atom is 0.0589 e. The highest BCUT2D eigenvalue weighted by Gasteiger charge is 2.00. The van der Waals surface area contributed by atoms with Crippen LogP contribution in [0.1, 0.15) is 0 Å². The van der Waals surface area contributed by atoms with Crippen molar-refractivity contribution in [1.82, 2.24) is 4.90 Å². The van der Waals surface area contributed by atoms with Gasteiger partial charge in [-0.2, -0.15) is 0 Å². The molecule has 0 aromatic rings. The van der Waals surface area contributed by atoms with Gasteiger partial charge in [-0.3, -0.25) is 4.90 Å². The molecule has 0 saturated heterocycles. The highest BCUT2D eigenvalue weighted by molar-refractivity contribution is 4.57. The summed E-state index contributed by atoms with van der Waals surface area (Å²) in [4.78, 5) is 2.20. The number of methoxy groups -OCH3 is 1. The average molecular weight is 161 g/mol. The van der Waals surface area contributed by atoms with Crippen LogP contribution in [0.15, 0.2) is 0 Å². The Kier molecular flexibility index (Phi) is 7.83. The number of rotatable bonds is 7. The smallest absolute Gasteiger partial charge is 0.0589 e. The molecule has 11 heavy (non-hydrogen) atoms. The molecule has 68 valence electrons. The van der Waals surface area contributed by atoms with Crippen LogP contribution in [-0.4, -0.2) is 51.3 Å². The van der Waals surface area contributed by atoms with E-state index in [1.165, 1.54) is 0 Å². The van der Waals surface area contributed by atoms with Crippen LogP contribution in [0.25, 0.3) is 0 Å². The number of hydrogen-bond acceptors (Lipinski definition) is 4. The molecule has 4 nitrogen and oxygen atoms in total. The van der Waals surface area contributed by atoms with Gasteiger partial charge in [0.15, 0.2) is 0 Å². The second kappa shape index (κ2) is 7.94. The fraction of sp³-hybridized carbons (Fsp3) is 1.00. The van der Waals surface area contributed by atoms with Gasteiger partial charge in [0, 0.05) is 39.8 Å². The van der Waals surface area contributed by atoms with Crippen LogP contribution < -0.4 is 11.5 Å². The van der Waals surface area contributed by atoms with E-state index in [1.807, 2.05) is 0 Å². The third-order valence-corrected chi connectivity index (χ3v) is 1.50. The Balaban J connectivity index is 3.34. The molecule has 0 unspecified atom stereocenters. The predicted molar refractivity (Wildman–Crippen MR) is 46.4 cm³/mol. The Hall–Kier alpha value is -0.160. The Bertz CT molecular complexity index is 74.1. The van der Waals surface area contributed by atoms with E-state index in [0.29, 0.717) is 13.1 Å². The highest BCUT2D eigenvalue weighted by Crippen LogP contribution is 1.84. The van der Waals surface area contributed by atoms with E-state index in [2.05, 4.69) is 4.90 Å². The summed E-state index contributed by atoms with van der Waals surface area (Å²) in [5.41, 5.74) is 10.8. The van der Waals surface area contributed by atoms with Crippen molar-refractivity contribution < 1.29 is 4.74 Å². The van der Waals surface area contributed by atoms with E-state index in [0.717, 1.165) is 26.2 Å². The third-order valence-electron chi connectivity index (χ3n) is 1.50. The molecule has 0 atom stereocenters. The SMILES string of the molecule is COCCN(CCN)CCN. The van der Waals surface area contributed by atoms with Gasteiger partial charge >= 0.3 is 0 Å². The lowest BCUT2D eigenvalue weighted by Crippen LogP contribution is -2.36. The van der Waals surface area contributed by atoms with Crippen LogP contribution in [0.3, 0.4) is 0 Å². The number of hydrogen-bond donors (Lipinski definition) is 2. The minimum atomic E-state index is 0.684. The van der Waals surface area contributed by atoms with Gasteiger partial charge in [0.1, 0.15) is 0 Å². The topological polar surface area (TPSA) is 64.5 Å². The van der Waals surface area contributed by atoms with Crippen LogP contribution in [0.2, 0.25) is 0 Å². The van der Waals surface area contributed by atoms with Crippen LogP contribution in [0.5, 0.6) is 0 Å². The average Bonchev–Trinajstić information content (AvgIpc) is 2.01. The van der Waals surface area contributed by atoms with Crippen molar-refractivity contribution in [3.63, 3.8) is 0 Å². The molecule has 0 heterocycles. The van der Waals surface area contributed by atoms with Crippen molar-refractivity contribution in [1.29, 1.82) is 0 Å². The Labute approximate surface area is 68.5 Å². The molecule has 0 rings (SSSR count). The lowest BCUT2D eigenvalue weighted by atomic mass is 10.4. The molecule has 0 aromatic carbocycles. The summed E-state index contributed by atoms with van der Waals surface area (Å²) in [5.74, 6) is 0. The minimum Gasteiger partial charge on any atom is -0.383 e. The van der Waals surface area contributed by atoms with Gasteiger partial charge in [-0.25, -0.2) is 0 Å². The monoisotopic (exact) mass is 161 g/mol. The second-order valence-corrected chi connectivity index (χ2v) is 2.41. The largest absolute Gasteiger partial charge is 0.383 e. The molecule has 0 aromatic heterocycles. The molecule has 0 aliphatic heterocycles. The van der Waals surface area contributed by atoms with Crippen molar-refractivity contribution in [3.8, 4) is 0 Å². The molecule has 0 radical (unpaired) electrons. The fourth-order valence-corrected chi connectivity index (χ4v) is 0.921. The van der Waals surface area contributed by atoms with E-state index in [1.54, 1.807) is 7.11 Å². The molecule has 0 saturated carbocycles. The Morgan fingerprint density at radius 3 is 2.00 bits per heavy atom. The normalized spacial score (nSPS) is 10.9. The molecule has 4 heteroatoms. The van der Waals surface area contributed by atoms with Gasteiger partial charge < -0.3 is 16.2 Å². The summed E-state index contributed by atoms with van der Waals surface area (Å²) in [6.45, 7) is 4.85. The first kappa shape index (κ1) is 10.8. The zero-order valence-corrected chi connectivity index (χ0v) is 7.25. The van der Waals surface area contributed by atoms with Crippen LogP contribution >= 0.6 is 0 Å². The Morgan fingerprint density at radius 2 is 1.64 bits per heavy atom. The van der Waals surface area contributed by atoms with E-state index in [9.17, 15) is 0 Å². The lowest BCUT2D eigenvalue weighted by molar-refractivity contribution is 0.151. The maximum absolute atomic E-state index is 5.41. The van der Waals surface area contributed by atoms with Gasteiger partial charge in [-0.05, 0) is 0 Å². The molecule has 0 aliphatic carbocycles. The van der Waals surface area contributed by atoms with Crippen LogP contribution in [0.4, 0.5) is 0 Å². The highest BCUT2D eigenvalue weighted by atomic mass is 16.5. The zero-order valence-electron chi connectivity index (χ0n) is 7.25. The van der Waals surface area contributed by atoms with Crippen molar-refractivity contribution >= 4 is 0 Å². The maximum atomic E-state index is 5.41. The predicted octanol–water partition coefficient (Wildman–Crippen LogP) is -1.15. The lowest BCUT2D eigenvalue weighted by Gasteiger charge is -2.19. The number of nitrogens with zero attached hydrogens (tertiary/aromatic N) is 1. The molecule has 0 fully saturated rings. The third kappa shape index (κ3) is 6.25. The van der Waals surface area contributed by atoms with Gasteiger partial charge in [-0.15, -0.1) is 0 Å². The molecule has 4 N–H and O–H groups in total. The first-order chi connectivity index (χ1) is 5.35. The molecule has 0 amide bonds. The summed E-state index contributed by atoms with van der Waals surface area (Å²) in [6, 6.07) is 0. The number of ether oxygens (including phenoxy) is 1. The molecular weight excluding hydrogens is 142 g/mol. The van der Waals surface area contributed by atoms with E-state index in [4.69, 9.17) is 16.2 Å². The number of nitrogens with two attached hydrogens (primary N) is 2. The summed E-state index contributed by atoms with van der Waals surface area (Å²) in [7, 11) is 1.70. The Morgan fingerprint density at radius 1 is 1.09 bits per heavy atom. The fourth-order valence-electron chi connectivity index (χ4n) is 0.921. The van der Waals surface area contributed by atoms with Crippen molar-refractivity contribution in [2.45, 2.75) is 0 Å². The molecular formula is C7H19N3O. The van der Waals surface area contributed by atoms with Crippen molar-refractivity contribution in [2.75, 3.05) is 46.4 Å². The van der Waals surface area contributed by atoms with Crippen molar-refractivity contribution in [2.24, 2.45) is 11.5 Å². The van der Waals surface area contributed by atoms with E-state index in [-0.39, 0.29) is 0 Å². The van der Waals surface area contributed by atoms with Crippen molar-refractivity contribution in [3.05, 3.63) is 0 Å². The summed E-state index contributed by atoms with van der Waals surface area (Å²) in [6.07, 6.45) is 0. The minimum absolute atomic E-state index is 0.684. The van der Waals surface area contributed by atoms with Gasteiger partial charge in [-0.1, -0.05) is 0 Å². The van der Waals surface area contributed by atoms with E-state index < -0.39 is 0 Å². The summed E-state index contributed by atoms with van der Waals surface area (Å²) in [5, 5.41) is 0. The zero-order chi connectivity index (χ0) is 8.53. The van der Waals surface area contributed by atoms with Crippen LogP contribution in [-0.2, 0) is 4.74 Å². The molecule has 0 bridgehead atoms. The first-order valence-electron chi connectivity index (χ1n) is 3.96. The molecule has 0 spiro atoms. The van der Waals surface area contributed by atoms with E-state index >= 15 is 0 Å². The van der Waals surface area contributed by atoms with Gasteiger partial charge in [0.2, 0.25) is 0 Å². The standard InChI is InChI=1S/C7H19N3O/c1-11-7-6-10(4-2-8)5-3-9/h2-9H2,1H3. The molecule has 0 aliphatic rings. The van der Waals surface area contributed by atoms with Gasteiger partial charge in [0.25, 0.3) is 0 Å². The van der Waals surface area contributed by atoms with Gasteiger partial charge in [0.05, 0.1) is 6.61 Å². The quantitative estimate of drug-likeness (QED) is 0.495. The first-order valence-corrected chi connectivity index (χ1v) is 3.96. The summed E-state index contributed by atoms with van der Waals surface area (Å²) < 4.78 is 4.94. The van der Waals surface area contributed by atoms with Crippen LogP contribution in [0, 0.1) is 0 Å². The summed E-state index contributed by atoms with van der Waals surface area (Å²) >= 11 is 0.